The number of nitrogens with one attached hydrogen (secondary N) is 2. The number of aromatic nitrogens is 3. The van der Waals surface area contributed by atoms with E-state index >= 15 is 0 Å². The minimum atomic E-state index is -0.109. The number of anilines is 2. The molecule has 160 valence electrons. The average molecular weight is 404 g/mol. The van der Waals surface area contributed by atoms with E-state index in [4.69, 9.17) is 16.2 Å². The molecule has 2 aromatic heterocycles. The number of carbonyl (C=O) groups excluding carboxylic acids is 1. The second kappa shape index (κ2) is 10.3. The summed E-state index contributed by atoms with van der Waals surface area (Å²) in [6.07, 6.45) is 9.19. The van der Waals surface area contributed by atoms with Crippen LogP contribution in [0.25, 0.3) is 11.0 Å². The Morgan fingerprint density at radius 1 is 1.28 bits per heavy atom. The minimum Gasteiger partial charge on any atom is -0.396 e. The number of ether oxygens (including phenoxy) is 1. The summed E-state index contributed by atoms with van der Waals surface area (Å²) < 4.78 is 7.79. The molecule has 6 N–H and O–H groups in total. The van der Waals surface area contributed by atoms with Gasteiger partial charge in [0.15, 0.2) is 5.82 Å². The molecular formula is C20H33N7O2. The Kier molecular flexibility index (Phi) is 7.51. The monoisotopic (exact) mass is 403 g/mol. The van der Waals surface area contributed by atoms with E-state index in [9.17, 15) is 4.79 Å². The first kappa shape index (κ1) is 21.2. The fraction of sp³-hybridized carbons (Fsp3) is 0.650. The lowest BCUT2D eigenvalue weighted by molar-refractivity contribution is 0.128. The summed E-state index contributed by atoms with van der Waals surface area (Å²) in [7, 11) is 0. The van der Waals surface area contributed by atoms with Crippen molar-refractivity contribution in [2.45, 2.75) is 64.5 Å². The molecule has 3 rings (SSSR count). The topological polar surface area (TPSA) is 133 Å². The van der Waals surface area contributed by atoms with Gasteiger partial charge in [-0.1, -0.05) is 26.2 Å². The van der Waals surface area contributed by atoms with Crippen LogP contribution in [0.1, 0.15) is 51.3 Å². The molecule has 0 atom stereocenters. The Morgan fingerprint density at radius 2 is 2.07 bits per heavy atom. The van der Waals surface area contributed by atoms with Crippen LogP contribution in [0.3, 0.4) is 0 Å². The smallest absolute Gasteiger partial charge is 0.315 e. The van der Waals surface area contributed by atoms with Crippen molar-refractivity contribution >= 4 is 28.6 Å². The van der Waals surface area contributed by atoms with E-state index < -0.39 is 0 Å². The third kappa shape index (κ3) is 5.50. The highest BCUT2D eigenvalue weighted by Gasteiger charge is 2.16. The van der Waals surface area contributed by atoms with Crippen LogP contribution in [0.4, 0.5) is 16.3 Å². The van der Waals surface area contributed by atoms with Crippen molar-refractivity contribution in [3.63, 3.8) is 0 Å². The summed E-state index contributed by atoms with van der Waals surface area (Å²) in [5, 5.41) is 5.90. The molecule has 0 bridgehead atoms. The van der Waals surface area contributed by atoms with E-state index in [1.807, 2.05) is 0 Å². The summed E-state index contributed by atoms with van der Waals surface area (Å²) in [5.41, 5.74) is 14.1. The molecule has 0 aliphatic heterocycles. The first-order valence-corrected chi connectivity index (χ1v) is 10.6. The van der Waals surface area contributed by atoms with Gasteiger partial charge in [-0.3, -0.25) is 0 Å². The van der Waals surface area contributed by atoms with Crippen LogP contribution < -0.4 is 22.1 Å². The Morgan fingerprint density at radius 3 is 2.83 bits per heavy atom. The zero-order valence-corrected chi connectivity index (χ0v) is 17.2. The van der Waals surface area contributed by atoms with Gasteiger partial charge in [-0.2, -0.15) is 0 Å². The number of nitrogens with zero attached hydrogens (tertiary/aromatic N) is 3. The second-order valence-corrected chi connectivity index (χ2v) is 7.57. The van der Waals surface area contributed by atoms with Gasteiger partial charge in [-0.15, -0.1) is 0 Å². The molecule has 29 heavy (non-hydrogen) atoms. The lowest BCUT2D eigenvalue weighted by atomic mass is 9.96. The highest BCUT2D eigenvalue weighted by atomic mass is 16.5. The SMILES string of the molecule is CCCc1nc2c(N)ncc(N)c2n1CCOCCNC(=O)NC1CCCCC1. The molecule has 0 radical (unpaired) electrons. The van der Waals surface area contributed by atoms with Gasteiger partial charge in [0.2, 0.25) is 0 Å². The van der Waals surface area contributed by atoms with Gasteiger partial charge in [-0.25, -0.2) is 14.8 Å². The van der Waals surface area contributed by atoms with E-state index in [-0.39, 0.29) is 6.03 Å². The standard InChI is InChI=1S/C20H33N7O2/c1-2-6-16-26-17-18(15(21)13-24-19(17)22)27(16)10-12-29-11-9-23-20(28)25-14-7-4-3-5-8-14/h13-14H,2-12,21H2,1H3,(H2,22,24)(H2,23,25,28). The molecule has 0 unspecified atom stereocenters. The van der Waals surface area contributed by atoms with Crippen LogP contribution in [0.15, 0.2) is 6.20 Å². The van der Waals surface area contributed by atoms with Crippen LogP contribution in [0.2, 0.25) is 0 Å². The molecule has 9 nitrogen and oxygen atoms in total. The van der Waals surface area contributed by atoms with Crippen LogP contribution >= 0.6 is 0 Å². The number of nitrogens with two attached hydrogens (primary N) is 2. The van der Waals surface area contributed by atoms with Gasteiger partial charge in [0.25, 0.3) is 0 Å². The summed E-state index contributed by atoms with van der Waals surface area (Å²) in [5.74, 6) is 1.32. The minimum absolute atomic E-state index is 0.109. The maximum absolute atomic E-state index is 11.9. The molecule has 9 heteroatoms. The molecule has 0 saturated heterocycles. The zero-order chi connectivity index (χ0) is 20.6. The van der Waals surface area contributed by atoms with Crippen molar-refractivity contribution in [3.05, 3.63) is 12.0 Å². The van der Waals surface area contributed by atoms with Gasteiger partial charge in [0.1, 0.15) is 11.3 Å². The van der Waals surface area contributed by atoms with Crippen molar-refractivity contribution in [1.29, 1.82) is 0 Å². The number of hydrogen-bond donors (Lipinski definition) is 4. The van der Waals surface area contributed by atoms with E-state index in [2.05, 4.69) is 32.1 Å². The van der Waals surface area contributed by atoms with Crippen LogP contribution in [0.5, 0.6) is 0 Å². The third-order valence-corrected chi connectivity index (χ3v) is 5.31. The van der Waals surface area contributed by atoms with E-state index in [0.717, 1.165) is 37.0 Å². The van der Waals surface area contributed by atoms with Crippen molar-refractivity contribution in [2.75, 3.05) is 31.2 Å². The largest absolute Gasteiger partial charge is 0.396 e. The Balaban J connectivity index is 1.45. The number of carbonyl (C=O) groups is 1. The normalized spacial score (nSPS) is 14.9. The van der Waals surface area contributed by atoms with E-state index in [1.54, 1.807) is 6.20 Å². The third-order valence-electron chi connectivity index (χ3n) is 5.31. The first-order chi connectivity index (χ1) is 14.1. The molecule has 2 amide bonds. The van der Waals surface area contributed by atoms with Gasteiger partial charge in [0, 0.05) is 25.6 Å². The molecule has 2 heterocycles. The summed E-state index contributed by atoms with van der Waals surface area (Å²) in [6.45, 7) is 4.15. The molecule has 1 fully saturated rings. The van der Waals surface area contributed by atoms with E-state index in [1.165, 1.54) is 19.3 Å². The molecule has 0 spiro atoms. The number of imidazole rings is 1. The summed E-state index contributed by atoms with van der Waals surface area (Å²) >= 11 is 0. The maximum atomic E-state index is 11.9. The molecule has 1 aliphatic carbocycles. The van der Waals surface area contributed by atoms with Gasteiger partial charge in [0.05, 0.1) is 30.6 Å². The number of amides is 2. The number of rotatable bonds is 9. The quantitative estimate of drug-likeness (QED) is 0.474. The lowest BCUT2D eigenvalue weighted by Crippen LogP contribution is -2.43. The Labute approximate surface area is 171 Å². The van der Waals surface area contributed by atoms with E-state index in [0.29, 0.717) is 49.4 Å². The highest BCUT2D eigenvalue weighted by molar-refractivity contribution is 5.93. The first-order valence-electron chi connectivity index (χ1n) is 10.6. The van der Waals surface area contributed by atoms with Crippen molar-refractivity contribution in [1.82, 2.24) is 25.2 Å². The number of pyridine rings is 1. The van der Waals surface area contributed by atoms with Gasteiger partial charge in [-0.05, 0) is 19.3 Å². The van der Waals surface area contributed by atoms with Crippen molar-refractivity contribution in [3.8, 4) is 0 Å². The number of hydrogen-bond acceptors (Lipinski definition) is 6. The number of urea groups is 1. The maximum Gasteiger partial charge on any atom is 0.315 e. The molecule has 0 aromatic carbocycles. The highest BCUT2D eigenvalue weighted by Crippen LogP contribution is 2.26. The predicted molar refractivity (Wildman–Crippen MR) is 115 cm³/mol. The predicted octanol–water partition coefficient (Wildman–Crippen LogP) is 2.20. The van der Waals surface area contributed by atoms with Crippen molar-refractivity contribution < 1.29 is 9.53 Å². The summed E-state index contributed by atoms with van der Waals surface area (Å²) in [4.78, 5) is 20.7. The lowest BCUT2D eigenvalue weighted by Gasteiger charge is -2.22. The number of fused-ring (bicyclic) bond motifs is 1. The molecule has 1 saturated carbocycles. The van der Waals surface area contributed by atoms with Gasteiger partial charge < -0.3 is 31.4 Å². The summed E-state index contributed by atoms with van der Waals surface area (Å²) in [6, 6.07) is 0.200. The van der Waals surface area contributed by atoms with Crippen LogP contribution in [-0.2, 0) is 17.7 Å². The molecule has 2 aromatic rings. The van der Waals surface area contributed by atoms with Crippen LogP contribution in [0, 0.1) is 0 Å². The average Bonchev–Trinajstić information content (AvgIpc) is 3.08. The fourth-order valence-corrected chi connectivity index (χ4v) is 3.87. The Hall–Kier alpha value is -2.55. The zero-order valence-electron chi connectivity index (χ0n) is 17.2. The van der Waals surface area contributed by atoms with Gasteiger partial charge >= 0.3 is 6.03 Å². The number of nitrogen functional groups attached to an aromatic ring is 2. The second-order valence-electron chi connectivity index (χ2n) is 7.57. The molecule has 1 aliphatic rings. The Bertz CT molecular complexity index is 815. The number of aryl methyl sites for hydroxylation is 1. The van der Waals surface area contributed by atoms with Crippen molar-refractivity contribution in [2.24, 2.45) is 0 Å². The fourth-order valence-electron chi connectivity index (χ4n) is 3.87. The molecular weight excluding hydrogens is 370 g/mol. The van der Waals surface area contributed by atoms with Crippen LogP contribution in [-0.4, -0.2) is 46.4 Å².